The number of rotatable bonds is 0. The quantitative estimate of drug-likeness (QED) is 0.580. The van der Waals surface area contributed by atoms with Gasteiger partial charge in [0.15, 0.2) is 0 Å². The van der Waals surface area contributed by atoms with Gasteiger partial charge in [-0.3, -0.25) is 4.98 Å². The third kappa shape index (κ3) is 0.764. The Morgan fingerprint density at radius 3 is 3.40 bits per heavy atom. The van der Waals surface area contributed by atoms with Crippen molar-refractivity contribution in [2.45, 2.75) is 19.4 Å². The highest BCUT2D eigenvalue weighted by molar-refractivity contribution is 5.54. The Balaban J connectivity index is 2.42. The van der Waals surface area contributed by atoms with Crippen LogP contribution in [-0.4, -0.2) is 11.0 Å². The fourth-order valence-electron chi connectivity index (χ4n) is 1.38. The van der Waals surface area contributed by atoms with Crippen molar-refractivity contribution >= 4 is 5.69 Å². The molecule has 0 spiro atoms. The lowest BCUT2D eigenvalue weighted by molar-refractivity contribution is 0.837. The van der Waals surface area contributed by atoms with Crippen LogP contribution in [0.3, 0.4) is 0 Å². The van der Waals surface area contributed by atoms with Crippen molar-refractivity contribution in [1.29, 1.82) is 0 Å². The van der Waals surface area contributed by atoms with Crippen LogP contribution in [0.4, 0.5) is 5.69 Å². The summed E-state index contributed by atoms with van der Waals surface area (Å²) in [5, 5.41) is 3.36. The van der Waals surface area contributed by atoms with Crippen LogP contribution in [0.2, 0.25) is 0 Å². The van der Waals surface area contributed by atoms with Gasteiger partial charge in [-0.1, -0.05) is 0 Å². The average Bonchev–Trinajstić information content (AvgIpc) is 2.27. The Labute approximate surface area is 60.3 Å². The van der Waals surface area contributed by atoms with Crippen molar-refractivity contribution in [3.63, 3.8) is 0 Å². The predicted octanol–water partition coefficient (Wildman–Crippen LogP) is 1.44. The summed E-state index contributed by atoms with van der Waals surface area (Å²) in [5.41, 5.74) is 2.59. The van der Waals surface area contributed by atoms with Crippen molar-refractivity contribution in [2.24, 2.45) is 0 Å². The molecule has 2 heterocycles. The molecule has 1 aromatic heterocycles. The summed E-state index contributed by atoms with van der Waals surface area (Å²) in [4.78, 5) is 4.05. The second-order valence-electron chi connectivity index (χ2n) is 2.78. The van der Waals surface area contributed by atoms with E-state index in [4.69, 9.17) is 0 Å². The lowest BCUT2D eigenvalue weighted by Crippen LogP contribution is -2.08. The molecule has 0 saturated heterocycles. The van der Waals surface area contributed by atoms with Crippen LogP contribution < -0.4 is 5.32 Å². The third-order valence-electron chi connectivity index (χ3n) is 1.83. The van der Waals surface area contributed by atoms with Gasteiger partial charge in [0.2, 0.25) is 0 Å². The van der Waals surface area contributed by atoms with Gasteiger partial charge in [-0.05, 0) is 25.0 Å². The van der Waals surface area contributed by atoms with Gasteiger partial charge in [-0.25, -0.2) is 0 Å². The molecule has 1 aromatic rings. The van der Waals surface area contributed by atoms with Gasteiger partial charge in [0, 0.05) is 24.1 Å². The van der Waals surface area contributed by atoms with Crippen LogP contribution in [0.15, 0.2) is 18.5 Å². The average molecular weight is 134 g/mol. The van der Waals surface area contributed by atoms with E-state index in [1.807, 2.05) is 18.5 Å². The zero-order chi connectivity index (χ0) is 6.97. The molecule has 1 atom stereocenters. The van der Waals surface area contributed by atoms with E-state index in [0.29, 0.717) is 6.04 Å². The van der Waals surface area contributed by atoms with E-state index in [-0.39, 0.29) is 0 Å². The van der Waals surface area contributed by atoms with Crippen molar-refractivity contribution in [3.8, 4) is 0 Å². The van der Waals surface area contributed by atoms with Crippen LogP contribution in [-0.2, 0) is 6.42 Å². The molecule has 1 aliphatic heterocycles. The second-order valence-corrected chi connectivity index (χ2v) is 2.78. The third-order valence-corrected chi connectivity index (χ3v) is 1.83. The molecular formula is C8H10N2. The molecule has 0 amide bonds. The first-order valence-corrected chi connectivity index (χ1v) is 3.55. The lowest BCUT2D eigenvalue weighted by Gasteiger charge is -2.00. The molecule has 1 N–H and O–H groups in total. The topological polar surface area (TPSA) is 24.9 Å². The van der Waals surface area contributed by atoms with Gasteiger partial charge in [-0.15, -0.1) is 0 Å². The number of nitrogens with one attached hydrogen (secondary N) is 1. The predicted molar refractivity (Wildman–Crippen MR) is 41.0 cm³/mol. The molecule has 0 fully saturated rings. The summed E-state index contributed by atoms with van der Waals surface area (Å²) < 4.78 is 0. The number of hydrogen-bond acceptors (Lipinski definition) is 2. The minimum absolute atomic E-state index is 0.583. The standard InChI is InChI=1S/C8H10N2/c1-6-4-7-5-9-3-2-8(7)10-6/h2-3,5-6,10H,4H2,1H3/t6-/m0/s1. The number of fused-ring (bicyclic) bond motifs is 1. The number of pyridine rings is 1. The van der Waals surface area contributed by atoms with Crippen LogP contribution in [0, 0.1) is 0 Å². The van der Waals surface area contributed by atoms with Gasteiger partial charge < -0.3 is 5.32 Å². The molecule has 0 unspecified atom stereocenters. The maximum atomic E-state index is 4.05. The molecule has 2 heteroatoms. The Kier molecular flexibility index (Phi) is 1.13. The molecular weight excluding hydrogens is 124 g/mol. The van der Waals surface area contributed by atoms with Crippen LogP contribution >= 0.6 is 0 Å². The molecule has 2 nitrogen and oxygen atoms in total. The highest BCUT2D eigenvalue weighted by atomic mass is 14.9. The minimum atomic E-state index is 0.583. The van der Waals surface area contributed by atoms with Crippen LogP contribution in [0.5, 0.6) is 0 Å². The van der Waals surface area contributed by atoms with E-state index < -0.39 is 0 Å². The van der Waals surface area contributed by atoms with Gasteiger partial charge in [0.1, 0.15) is 0 Å². The summed E-state index contributed by atoms with van der Waals surface area (Å²) in [6, 6.07) is 2.61. The van der Waals surface area contributed by atoms with Gasteiger partial charge >= 0.3 is 0 Å². The van der Waals surface area contributed by atoms with Crippen LogP contribution in [0.1, 0.15) is 12.5 Å². The molecule has 0 saturated carbocycles. The molecule has 0 bridgehead atoms. The van der Waals surface area contributed by atoms with Crippen molar-refractivity contribution in [2.75, 3.05) is 5.32 Å². The number of hydrogen-bond donors (Lipinski definition) is 1. The highest BCUT2D eigenvalue weighted by Gasteiger charge is 2.14. The zero-order valence-electron chi connectivity index (χ0n) is 5.96. The first-order chi connectivity index (χ1) is 4.86. The van der Waals surface area contributed by atoms with Gasteiger partial charge in [0.25, 0.3) is 0 Å². The molecule has 0 radical (unpaired) electrons. The van der Waals surface area contributed by atoms with Crippen LogP contribution in [0.25, 0.3) is 0 Å². The first kappa shape index (κ1) is 5.71. The smallest absolute Gasteiger partial charge is 0.0406 e. The summed E-state index contributed by atoms with van der Waals surface area (Å²) in [6.07, 6.45) is 4.87. The fraction of sp³-hybridized carbons (Fsp3) is 0.375. The molecule has 52 valence electrons. The summed E-state index contributed by atoms with van der Waals surface area (Å²) >= 11 is 0. The number of nitrogens with zero attached hydrogens (tertiary/aromatic N) is 1. The molecule has 1 aliphatic rings. The summed E-state index contributed by atoms with van der Waals surface area (Å²) in [6.45, 7) is 2.18. The van der Waals surface area contributed by atoms with Gasteiger partial charge in [-0.2, -0.15) is 0 Å². The summed E-state index contributed by atoms with van der Waals surface area (Å²) in [5.74, 6) is 0. The van der Waals surface area contributed by atoms with E-state index in [9.17, 15) is 0 Å². The van der Waals surface area contributed by atoms with E-state index in [1.165, 1.54) is 11.3 Å². The molecule has 2 rings (SSSR count). The monoisotopic (exact) mass is 134 g/mol. The van der Waals surface area contributed by atoms with E-state index in [1.54, 1.807) is 0 Å². The van der Waals surface area contributed by atoms with Gasteiger partial charge in [0.05, 0.1) is 0 Å². The number of anilines is 1. The second kappa shape index (κ2) is 1.97. The Hall–Kier alpha value is -1.05. The Morgan fingerprint density at radius 2 is 2.60 bits per heavy atom. The molecule has 0 aliphatic carbocycles. The normalized spacial score (nSPS) is 21.9. The van der Waals surface area contributed by atoms with Crippen molar-refractivity contribution in [1.82, 2.24) is 4.98 Å². The SMILES string of the molecule is C[C@H]1Cc2cnccc2N1. The maximum Gasteiger partial charge on any atom is 0.0406 e. The number of aromatic nitrogens is 1. The van der Waals surface area contributed by atoms with E-state index in [0.717, 1.165) is 6.42 Å². The van der Waals surface area contributed by atoms with E-state index >= 15 is 0 Å². The Bertz CT molecular complexity index is 220. The van der Waals surface area contributed by atoms with Crippen molar-refractivity contribution in [3.05, 3.63) is 24.0 Å². The highest BCUT2D eigenvalue weighted by Crippen LogP contribution is 2.23. The lowest BCUT2D eigenvalue weighted by atomic mass is 10.2. The van der Waals surface area contributed by atoms with Crippen molar-refractivity contribution < 1.29 is 0 Å². The zero-order valence-corrected chi connectivity index (χ0v) is 5.96. The first-order valence-electron chi connectivity index (χ1n) is 3.55. The Morgan fingerprint density at radius 1 is 1.70 bits per heavy atom. The fourth-order valence-corrected chi connectivity index (χ4v) is 1.38. The molecule has 10 heavy (non-hydrogen) atoms. The minimum Gasteiger partial charge on any atom is -0.382 e. The maximum absolute atomic E-state index is 4.05. The summed E-state index contributed by atoms with van der Waals surface area (Å²) in [7, 11) is 0. The van der Waals surface area contributed by atoms with E-state index in [2.05, 4.69) is 17.2 Å². The molecule has 0 aromatic carbocycles. The largest absolute Gasteiger partial charge is 0.382 e.